The number of aromatic nitrogens is 1. The molecule has 0 spiro atoms. The van der Waals surface area contributed by atoms with E-state index in [0.717, 1.165) is 15.5 Å². The lowest BCUT2D eigenvalue weighted by molar-refractivity contribution is 0.474. The van der Waals surface area contributed by atoms with E-state index in [1.807, 2.05) is 47.1 Å². The molecule has 4 heteroatoms. The topological polar surface area (TPSA) is 37.5 Å². The van der Waals surface area contributed by atoms with Gasteiger partial charge in [0.25, 0.3) is 0 Å². The molecule has 0 radical (unpaired) electrons. The van der Waals surface area contributed by atoms with Gasteiger partial charge < -0.3 is 5.11 Å². The van der Waals surface area contributed by atoms with Crippen LogP contribution in [0.1, 0.15) is 5.56 Å². The molecule has 0 atom stereocenters. The lowest BCUT2D eigenvalue weighted by Gasteiger charge is -2.02. The second kappa shape index (κ2) is 5.56. The molecule has 0 saturated heterocycles. The molecule has 4 aromatic rings. The Morgan fingerprint density at radius 2 is 1.48 bits per heavy atom. The van der Waals surface area contributed by atoms with E-state index in [0.29, 0.717) is 5.56 Å². The van der Waals surface area contributed by atoms with Gasteiger partial charge in [0.05, 0.1) is 17.2 Å². The first-order chi connectivity index (χ1) is 11.2. The highest BCUT2D eigenvalue weighted by molar-refractivity contribution is 9.10. The highest BCUT2D eigenvalue weighted by Crippen LogP contribution is 2.28. The first-order valence-electron chi connectivity index (χ1n) is 7.25. The van der Waals surface area contributed by atoms with Crippen molar-refractivity contribution in [3.8, 4) is 5.75 Å². The number of nitrogens with zero attached hydrogens (tertiary/aromatic N) is 2. The normalized spacial score (nSPS) is 11.7. The van der Waals surface area contributed by atoms with Crippen molar-refractivity contribution in [2.75, 3.05) is 0 Å². The fourth-order valence-corrected chi connectivity index (χ4v) is 3.15. The van der Waals surface area contributed by atoms with Crippen LogP contribution in [0.25, 0.3) is 21.8 Å². The van der Waals surface area contributed by atoms with E-state index in [1.54, 1.807) is 18.3 Å². The van der Waals surface area contributed by atoms with Gasteiger partial charge in [0.15, 0.2) is 0 Å². The number of aromatic hydroxyl groups is 1. The number of hydrogen-bond donors (Lipinski definition) is 1. The summed E-state index contributed by atoms with van der Waals surface area (Å²) in [5, 5.41) is 16.9. The maximum Gasteiger partial charge on any atom is 0.124 e. The molecule has 3 aromatic carbocycles. The van der Waals surface area contributed by atoms with E-state index in [1.165, 1.54) is 10.8 Å². The minimum absolute atomic E-state index is 0.206. The van der Waals surface area contributed by atoms with Crippen LogP contribution >= 0.6 is 15.9 Å². The summed E-state index contributed by atoms with van der Waals surface area (Å²) in [5.41, 5.74) is 2.75. The predicted octanol–water partition coefficient (Wildman–Crippen LogP) is 5.14. The number of para-hydroxylation sites is 2. The molecular formula is C19H13BrN2O. The van der Waals surface area contributed by atoms with Gasteiger partial charge in [0.1, 0.15) is 5.75 Å². The van der Waals surface area contributed by atoms with Gasteiger partial charge >= 0.3 is 0 Å². The van der Waals surface area contributed by atoms with Gasteiger partial charge in [-0.05, 0) is 30.3 Å². The number of benzene rings is 3. The number of rotatable bonds is 2. The SMILES string of the molecule is Oc1ccc(Br)cc1/C=N\n1c2ccccc2c2ccccc21. The first kappa shape index (κ1) is 14.0. The molecule has 23 heavy (non-hydrogen) atoms. The molecule has 0 saturated carbocycles. The smallest absolute Gasteiger partial charge is 0.124 e. The van der Waals surface area contributed by atoms with E-state index in [-0.39, 0.29) is 5.75 Å². The van der Waals surface area contributed by atoms with Crippen molar-refractivity contribution in [3.05, 3.63) is 76.8 Å². The van der Waals surface area contributed by atoms with Crippen molar-refractivity contribution in [2.24, 2.45) is 5.10 Å². The summed E-state index contributed by atoms with van der Waals surface area (Å²) in [6, 6.07) is 21.7. The van der Waals surface area contributed by atoms with Crippen LogP contribution in [0, 0.1) is 0 Å². The Balaban J connectivity index is 1.94. The lowest BCUT2D eigenvalue weighted by atomic mass is 10.2. The molecule has 1 N–H and O–H groups in total. The summed E-state index contributed by atoms with van der Waals surface area (Å²) in [4.78, 5) is 0. The second-order valence-electron chi connectivity index (χ2n) is 5.29. The van der Waals surface area contributed by atoms with Gasteiger partial charge in [0.2, 0.25) is 0 Å². The third-order valence-corrected chi connectivity index (χ3v) is 4.35. The summed E-state index contributed by atoms with van der Waals surface area (Å²) in [5.74, 6) is 0.206. The minimum atomic E-state index is 0.206. The zero-order valence-corrected chi connectivity index (χ0v) is 13.7. The number of fused-ring (bicyclic) bond motifs is 3. The van der Waals surface area contributed by atoms with E-state index in [9.17, 15) is 5.11 Å². The Hall–Kier alpha value is -2.59. The number of phenols is 1. The molecule has 0 aliphatic rings. The van der Waals surface area contributed by atoms with Crippen LogP contribution in [-0.2, 0) is 0 Å². The van der Waals surface area contributed by atoms with Gasteiger partial charge in [0, 0.05) is 20.8 Å². The van der Waals surface area contributed by atoms with Gasteiger partial charge in [-0.2, -0.15) is 5.10 Å². The van der Waals surface area contributed by atoms with Crippen molar-refractivity contribution in [3.63, 3.8) is 0 Å². The van der Waals surface area contributed by atoms with Gasteiger partial charge in [-0.3, -0.25) is 0 Å². The number of phenolic OH excluding ortho intramolecular Hbond substituents is 1. The average molecular weight is 365 g/mol. The van der Waals surface area contributed by atoms with E-state index < -0.39 is 0 Å². The Kier molecular flexibility index (Phi) is 3.39. The summed E-state index contributed by atoms with van der Waals surface area (Å²) in [6.07, 6.45) is 1.68. The molecule has 4 rings (SSSR count). The van der Waals surface area contributed by atoms with Crippen molar-refractivity contribution in [1.29, 1.82) is 0 Å². The monoisotopic (exact) mass is 364 g/mol. The van der Waals surface area contributed by atoms with Crippen molar-refractivity contribution in [2.45, 2.75) is 0 Å². The highest BCUT2D eigenvalue weighted by atomic mass is 79.9. The third-order valence-electron chi connectivity index (χ3n) is 3.86. The average Bonchev–Trinajstić information content (AvgIpc) is 2.90. The molecule has 0 fully saturated rings. The fourth-order valence-electron chi connectivity index (χ4n) is 2.78. The van der Waals surface area contributed by atoms with Crippen LogP contribution in [0.4, 0.5) is 0 Å². The van der Waals surface area contributed by atoms with E-state index in [4.69, 9.17) is 0 Å². The standard InChI is InChI=1S/C19H13BrN2O/c20-14-9-10-19(23)13(11-14)12-21-22-17-7-3-1-5-15(17)16-6-2-4-8-18(16)22/h1-12,23H/b21-12-. The maximum absolute atomic E-state index is 9.97. The maximum atomic E-state index is 9.97. The Bertz CT molecular complexity index is 997. The molecule has 1 aromatic heterocycles. The van der Waals surface area contributed by atoms with Crippen LogP contribution in [0.5, 0.6) is 5.75 Å². The zero-order chi connectivity index (χ0) is 15.8. The first-order valence-corrected chi connectivity index (χ1v) is 8.04. The highest BCUT2D eigenvalue weighted by Gasteiger charge is 2.08. The van der Waals surface area contributed by atoms with Crippen molar-refractivity contribution >= 4 is 44.0 Å². The summed E-state index contributed by atoms with van der Waals surface area (Å²) < 4.78 is 2.81. The number of hydrogen-bond acceptors (Lipinski definition) is 2. The molecule has 1 heterocycles. The van der Waals surface area contributed by atoms with Crippen LogP contribution in [0.15, 0.2) is 76.3 Å². The molecule has 0 unspecified atom stereocenters. The van der Waals surface area contributed by atoms with Gasteiger partial charge in [-0.25, -0.2) is 4.68 Å². The van der Waals surface area contributed by atoms with E-state index in [2.05, 4.69) is 33.2 Å². The third kappa shape index (κ3) is 2.41. The lowest BCUT2D eigenvalue weighted by Crippen LogP contribution is -1.91. The summed E-state index contributed by atoms with van der Waals surface area (Å²) in [7, 11) is 0. The van der Waals surface area contributed by atoms with Gasteiger partial charge in [-0.1, -0.05) is 52.3 Å². The van der Waals surface area contributed by atoms with Crippen molar-refractivity contribution in [1.82, 2.24) is 4.68 Å². The largest absolute Gasteiger partial charge is 0.507 e. The zero-order valence-electron chi connectivity index (χ0n) is 12.1. The molecule has 0 aliphatic carbocycles. The van der Waals surface area contributed by atoms with Crippen LogP contribution in [0.2, 0.25) is 0 Å². The van der Waals surface area contributed by atoms with Gasteiger partial charge in [-0.15, -0.1) is 0 Å². The summed E-state index contributed by atoms with van der Waals surface area (Å²) in [6.45, 7) is 0. The molecule has 0 bridgehead atoms. The van der Waals surface area contributed by atoms with E-state index >= 15 is 0 Å². The fraction of sp³-hybridized carbons (Fsp3) is 0. The molecule has 3 nitrogen and oxygen atoms in total. The predicted molar refractivity (Wildman–Crippen MR) is 98.2 cm³/mol. The minimum Gasteiger partial charge on any atom is -0.507 e. The Morgan fingerprint density at radius 3 is 2.13 bits per heavy atom. The van der Waals surface area contributed by atoms with Crippen LogP contribution in [0.3, 0.4) is 0 Å². The second-order valence-corrected chi connectivity index (χ2v) is 6.21. The Labute approximate surface area is 141 Å². The quantitative estimate of drug-likeness (QED) is 0.491. The summed E-state index contributed by atoms with van der Waals surface area (Å²) >= 11 is 3.42. The molecule has 0 aliphatic heterocycles. The number of halogens is 1. The van der Waals surface area contributed by atoms with Crippen molar-refractivity contribution < 1.29 is 5.11 Å². The molecule has 0 amide bonds. The van der Waals surface area contributed by atoms with Crippen LogP contribution in [-0.4, -0.2) is 16.0 Å². The van der Waals surface area contributed by atoms with Crippen LogP contribution < -0.4 is 0 Å². The Morgan fingerprint density at radius 1 is 0.870 bits per heavy atom. The molecular weight excluding hydrogens is 352 g/mol. The molecule has 112 valence electrons.